The maximum atomic E-state index is 5.74. The van der Waals surface area contributed by atoms with Gasteiger partial charge in [0.05, 0.1) is 13.7 Å². The Kier molecular flexibility index (Phi) is 4.92. The van der Waals surface area contributed by atoms with Gasteiger partial charge in [0.15, 0.2) is 0 Å². The molecule has 6 heteroatoms. The predicted octanol–water partition coefficient (Wildman–Crippen LogP) is 2.96. The van der Waals surface area contributed by atoms with E-state index in [1.807, 2.05) is 24.4 Å². The van der Waals surface area contributed by atoms with E-state index < -0.39 is 0 Å². The van der Waals surface area contributed by atoms with E-state index >= 15 is 0 Å². The molecule has 3 N–H and O–H groups in total. The highest BCUT2D eigenvalue weighted by Crippen LogP contribution is 2.24. The van der Waals surface area contributed by atoms with Crippen LogP contribution >= 0.6 is 23.6 Å². The van der Waals surface area contributed by atoms with E-state index in [1.54, 1.807) is 18.4 Å². The van der Waals surface area contributed by atoms with Gasteiger partial charge in [0.25, 0.3) is 0 Å². The Bertz CT molecular complexity index is 610. The highest BCUT2D eigenvalue weighted by atomic mass is 32.1. The third-order valence-corrected chi connectivity index (χ3v) is 4.23. The lowest BCUT2D eigenvalue weighted by atomic mass is 10.1. The average molecular weight is 307 g/mol. The fraction of sp³-hybridized carbons (Fsp3) is 0.286. The predicted molar refractivity (Wildman–Crippen MR) is 87.7 cm³/mol. The molecule has 0 spiro atoms. The second kappa shape index (κ2) is 6.67. The lowest BCUT2D eigenvalue weighted by Crippen LogP contribution is -2.13. The summed E-state index contributed by atoms with van der Waals surface area (Å²) in [5.74, 6) is 0.765. The molecule has 1 aromatic heterocycles. The maximum Gasteiger partial charge on any atom is 0.120 e. The molecule has 2 rings (SSSR count). The van der Waals surface area contributed by atoms with Crippen molar-refractivity contribution in [2.45, 2.75) is 19.9 Å². The number of aromatic nitrogens is 1. The summed E-state index contributed by atoms with van der Waals surface area (Å²) in [5, 5.41) is 4.36. The van der Waals surface area contributed by atoms with Crippen molar-refractivity contribution in [1.29, 1.82) is 0 Å². The Morgan fingerprint density at radius 1 is 1.50 bits per heavy atom. The van der Waals surface area contributed by atoms with Crippen molar-refractivity contribution >= 4 is 34.2 Å². The van der Waals surface area contributed by atoms with Crippen LogP contribution in [-0.2, 0) is 13.0 Å². The first kappa shape index (κ1) is 14.7. The van der Waals surface area contributed by atoms with Gasteiger partial charge >= 0.3 is 0 Å². The average Bonchev–Trinajstić information content (AvgIpc) is 2.92. The Hall–Kier alpha value is -1.66. The first-order valence-electron chi connectivity index (χ1n) is 6.29. The number of benzene rings is 1. The second-order valence-corrected chi connectivity index (χ2v) is 5.84. The van der Waals surface area contributed by atoms with E-state index in [-0.39, 0.29) is 0 Å². The van der Waals surface area contributed by atoms with E-state index in [1.165, 1.54) is 4.88 Å². The zero-order chi connectivity index (χ0) is 14.5. The normalized spacial score (nSPS) is 10.3. The Morgan fingerprint density at radius 3 is 2.90 bits per heavy atom. The van der Waals surface area contributed by atoms with Crippen LogP contribution in [0.1, 0.15) is 22.4 Å². The molecule has 2 aromatic rings. The molecular formula is C14H17N3OS2. The number of hydrogen-bond acceptors (Lipinski definition) is 5. The first-order chi connectivity index (χ1) is 9.63. The Labute approximate surface area is 128 Å². The molecule has 0 atom stereocenters. The quantitative estimate of drug-likeness (QED) is 0.804. The maximum absolute atomic E-state index is 5.74. The van der Waals surface area contributed by atoms with Crippen LogP contribution < -0.4 is 15.8 Å². The van der Waals surface area contributed by atoms with E-state index in [0.717, 1.165) is 28.4 Å². The first-order valence-corrected chi connectivity index (χ1v) is 7.51. The number of nitrogens with one attached hydrogen (secondary N) is 1. The minimum atomic E-state index is 0.364. The van der Waals surface area contributed by atoms with Gasteiger partial charge in [-0.3, -0.25) is 0 Å². The van der Waals surface area contributed by atoms with Gasteiger partial charge in [0.1, 0.15) is 15.7 Å². The molecule has 0 bridgehead atoms. The molecule has 1 aromatic carbocycles. The fourth-order valence-corrected chi connectivity index (χ4v) is 2.76. The van der Waals surface area contributed by atoms with Crippen LogP contribution in [0.3, 0.4) is 0 Å². The largest absolute Gasteiger partial charge is 0.497 e. The van der Waals surface area contributed by atoms with E-state index in [2.05, 4.69) is 17.2 Å². The minimum absolute atomic E-state index is 0.364. The number of methoxy groups -OCH3 is 1. The number of aryl methyl sites for hydroxylation is 1. The minimum Gasteiger partial charge on any atom is -0.497 e. The molecule has 1 heterocycles. The summed E-state index contributed by atoms with van der Waals surface area (Å²) in [6.45, 7) is 2.77. The molecule has 0 aliphatic carbocycles. The standard InChI is InChI=1S/C14H17N3OS2/c1-3-10-7-17-13(20-10)8-16-12-6-9(18-2)4-5-11(12)14(15)19/h4-7,16H,3,8H2,1-2H3,(H2,15,19). The lowest BCUT2D eigenvalue weighted by Gasteiger charge is -2.11. The summed E-state index contributed by atoms with van der Waals surface area (Å²) >= 11 is 6.77. The molecule has 0 unspecified atom stereocenters. The van der Waals surface area contributed by atoms with Crippen LogP contribution in [-0.4, -0.2) is 17.1 Å². The molecule has 20 heavy (non-hydrogen) atoms. The summed E-state index contributed by atoms with van der Waals surface area (Å²) in [7, 11) is 1.63. The molecule has 0 amide bonds. The smallest absolute Gasteiger partial charge is 0.120 e. The highest BCUT2D eigenvalue weighted by molar-refractivity contribution is 7.80. The van der Waals surface area contributed by atoms with Gasteiger partial charge in [0, 0.05) is 28.4 Å². The number of ether oxygens (including phenoxy) is 1. The van der Waals surface area contributed by atoms with Crippen LogP contribution in [0.2, 0.25) is 0 Å². The lowest BCUT2D eigenvalue weighted by molar-refractivity contribution is 0.415. The van der Waals surface area contributed by atoms with Crippen molar-refractivity contribution in [2.75, 3.05) is 12.4 Å². The SMILES string of the molecule is CCc1cnc(CNc2cc(OC)ccc2C(N)=S)s1. The summed E-state index contributed by atoms with van der Waals surface area (Å²) in [5.41, 5.74) is 7.42. The molecule has 0 aliphatic rings. The van der Waals surface area contributed by atoms with Crippen molar-refractivity contribution in [1.82, 2.24) is 4.98 Å². The molecule has 0 fully saturated rings. The molecule has 106 valence electrons. The van der Waals surface area contributed by atoms with Crippen molar-refractivity contribution < 1.29 is 4.74 Å². The van der Waals surface area contributed by atoms with Gasteiger partial charge in [-0.2, -0.15) is 0 Å². The number of nitrogens with two attached hydrogens (primary N) is 1. The van der Waals surface area contributed by atoms with Gasteiger partial charge in [-0.05, 0) is 18.6 Å². The van der Waals surface area contributed by atoms with Crippen LogP contribution in [0.25, 0.3) is 0 Å². The van der Waals surface area contributed by atoms with Crippen LogP contribution in [0.5, 0.6) is 5.75 Å². The second-order valence-electron chi connectivity index (χ2n) is 4.20. The van der Waals surface area contributed by atoms with Crippen molar-refractivity contribution in [3.05, 3.63) is 39.8 Å². The number of rotatable bonds is 6. The molecule has 0 radical (unpaired) electrons. The summed E-state index contributed by atoms with van der Waals surface area (Å²) in [6.07, 6.45) is 2.93. The van der Waals surface area contributed by atoms with Crippen molar-refractivity contribution in [3.63, 3.8) is 0 Å². The number of thiazole rings is 1. The Balaban J connectivity index is 2.16. The molecule has 0 aliphatic heterocycles. The molecule has 4 nitrogen and oxygen atoms in total. The highest BCUT2D eigenvalue weighted by Gasteiger charge is 2.08. The Morgan fingerprint density at radius 2 is 2.30 bits per heavy atom. The summed E-state index contributed by atoms with van der Waals surface area (Å²) in [4.78, 5) is 6.02. The molecule has 0 saturated carbocycles. The number of hydrogen-bond donors (Lipinski definition) is 2. The molecule has 0 saturated heterocycles. The number of nitrogens with zero attached hydrogens (tertiary/aromatic N) is 1. The van der Waals surface area contributed by atoms with Gasteiger partial charge in [-0.25, -0.2) is 4.98 Å². The monoisotopic (exact) mass is 307 g/mol. The third-order valence-electron chi connectivity index (χ3n) is 2.87. The van der Waals surface area contributed by atoms with Crippen molar-refractivity contribution in [3.8, 4) is 5.75 Å². The van der Waals surface area contributed by atoms with Crippen molar-refractivity contribution in [2.24, 2.45) is 5.73 Å². The van der Waals surface area contributed by atoms with E-state index in [0.29, 0.717) is 11.5 Å². The van der Waals surface area contributed by atoms with Gasteiger partial charge in [-0.15, -0.1) is 11.3 Å². The van der Waals surface area contributed by atoms with Crippen LogP contribution in [0.4, 0.5) is 5.69 Å². The van der Waals surface area contributed by atoms with Crippen LogP contribution in [0, 0.1) is 0 Å². The fourth-order valence-electron chi connectivity index (χ4n) is 1.78. The van der Waals surface area contributed by atoms with E-state index in [9.17, 15) is 0 Å². The number of thiocarbonyl (C=S) groups is 1. The third kappa shape index (κ3) is 3.46. The van der Waals surface area contributed by atoms with Gasteiger partial charge in [-0.1, -0.05) is 19.1 Å². The topological polar surface area (TPSA) is 60.2 Å². The number of anilines is 1. The van der Waals surface area contributed by atoms with E-state index in [4.69, 9.17) is 22.7 Å². The van der Waals surface area contributed by atoms with Gasteiger partial charge < -0.3 is 15.8 Å². The van der Waals surface area contributed by atoms with Crippen LogP contribution in [0.15, 0.2) is 24.4 Å². The zero-order valence-corrected chi connectivity index (χ0v) is 13.1. The molecular weight excluding hydrogens is 290 g/mol. The summed E-state index contributed by atoms with van der Waals surface area (Å²) < 4.78 is 5.23. The zero-order valence-electron chi connectivity index (χ0n) is 11.5. The van der Waals surface area contributed by atoms with Gasteiger partial charge in [0.2, 0.25) is 0 Å². The summed E-state index contributed by atoms with van der Waals surface area (Å²) in [6, 6.07) is 5.60.